The lowest BCUT2D eigenvalue weighted by atomic mass is 9.68. The van der Waals surface area contributed by atoms with E-state index in [4.69, 9.17) is 4.74 Å². The van der Waals surface area contributed by atoms with Crippen molar-refractivity contribution in [2.75, 3.05) is 31.6 Å². The van der Waals surface area contributed by atoms with Crippen LogP contribution in [0, 0.1) is 5.41 Å². The number of hydrogen-bond acceptors (Lipinski definition) is 8. The predicted molar refractivity (Wildman–Crippen MR) is 135 cm³/mol. The lowest BCUT2D eigenvalue weighted by Gasteiger charge is -2.44. The van der Waals surface area contributed by atoms with Crippen LogP contribution >= 0.6 is 0 Å². The van der Waals surface area contributed by atoms with Gasteiger partial charge in [0, 0.05) is 30.9 Å². The van der Waals surface area contributed by atoms with E-state index in [0.717, 1.165) is 68.6 Å². The highest BCUT2D eigenvalue weighted by atomic mass is 32.2. The van der Waals surface area contributed by atoms with E-state index in [-0.39, 0.29) is 16.5 Å². The normalized spacial score (nSPS) is 28.3. The van der Waals surface area contributed by atoms with Crippen LogP contribution in [-0.4, -0.2) is 65.0 Å². The quantitative estimate of drug-likeness (QED) is 0.476. The molecule has 2 fully saturated rings. The summed E-state index contributed by atoms with van der Waals surface area (Å²) < 4.78 is 32.8. The number of aromatic nitrogens is 4. The van der Waals surface area contributed by atoms with Crippen molar-refractivity contribution >= 4 is 21.5 Å². The Morgan fingerprint density at radius 3 is 2.94 bits per heavy atom. The fraction of sp³-hybridized carbons (Fsp3) is 0.500. The smallest absolute Gasteiger partial charge is 0.247 e. The number of aromatic amines is 1. The number of benzene rings is 1. The van der Waals surface area contributed by atoms with E-state index in [9.17, 15) is 8.42 Å². The molecule has 0 amide bonds. The van der Waals surface area contributed by atoms with E-state index in [2.05, 4.69) is 42.5 Å². The number of nitrogens with zero attached hydrogens (tertiary/aromatic N) is 4. The minimum absolute atomic E-state index is 0.0358. The number of rotatable bonds is 0. The number of ether oxygens (including phenoxy) is 1. The van der Waals surface area contributed by atoms with Crippen LogP contribution in [0.25, 0.3) is 11.1 Å². The zero-order valence-electron chi connectivity index (χ0n) is 20.2. The van der Waals surface area contributed by atoms with Crippen LogP contribution in [0.3, 0.4) is 0 Å². The molecule has 1 aromatic carbocycles. The Kier molecular flexibility index (Phi) is 5.11. The van der Waals surface area contributed by atoms with Crippen LogP contribution in [-0.2, 0) is 22.7 Å². The lowest BCUT2D eigenvalue weighted by Crippen LogP contribution is -2.47. The van der Waals surface area contributed by atoms with Gasteiger partial charge in [-0.15, -0.1) is 5.10 Å². The molecule has 8 rings (SSSR count). The van der Waals surface area contributed by atoms with Gasteiger partial charge in [0.1, 0.15) is 0 Å². The van der Waals surface area contributed by atoms with Crippen molar-refractivity contribution in [3.05, 3.63) is 41.6 Å². The van der Waals surface area contributed by atoms with E-state index >= 15 is 0 Å². The Morgan fingerprint density at radius 1 is 1.11 bits per heavy atom. The third-order valence-corrected chi connectivity index (χ3v) is 10.4. The van der Waals surface area contributed by atoms with Crippen molar-refractivity contribution in [3.8, 4) is 17.0 Å². The summed E-state index contributed by atoms with van der Waals surface area (Å²) in [6, 6.07) is 8.24. The molecule has 1 atom stereocenters. The van der Waals surface area contributed by atoms with Crippen LogP contribution in [0.5, 0.6) is 5.88 Å². The number of aryl methyl sites for hydroxylation is 1. The molecular formula is C26H30N6O3S. The second kappa shape index (κ2) is 8.27. The average molecular weight is 507 g/mol. The largest absolute Gasteiger partial charge is 0.478 e. The van der Waals surface area contributed by atoms with E-state index in [1.54, 1.807) is 6.20 Å². The van der Waals surface area contributed by atoms with Gasteiger partial charge in [-0.1, -0.05) is 12.1 Å². The number of H-pyrrole nitrogens is 1. The van der Waals surface area contributed by atoms with E-state index < -0.39 is 15.1 Å². The molecule has 2 aliphatic carbocycles. The zero-order chi connectivity index (χ0) is 24.3. The van der Waals surface area contributed by atoms with E-state index in [1.165, 1.54) is 11.1 Å². The highest BCUT2D eigenvalue weighted by molar-refractivity contribution is 7.91. The van der Waals surface area contributed by atoms with Gasteiger partial charge in [-0.3, -0.25) is 0 Å². The Bertz CT molecular complexity index is 1430. The minimum Gasteiger partial charge on any atom is -0.478 e. The van der Waals surface area contributed by atoms with Gasteiger partial charge in [0.05, 0.1) is 17.5 Å². The maximum absolute atomic E-state index is 13.4. The third-order valence-electron chi connectivity index (χ3n) is 8.45. The molecule has 1 saturated carbocycles. The van der Waals surface area contributed by atoms with Gasteiger partial charge in [0.25, 0.3) is 0 Å². The third kappa shape index (κ3) is 3.69. The number of hydrogen-bond donors (Lipinski definition) is 2. The molecule has 1 saturated heterocycles. The standard InChI is InChI=1S/C26H30N6O3S/c33-36(34)19-14-26(15-19)8-11-32(16-26)10-2-12-35-22-13-18(7-9-27-22)21-6-5-17-3-1-4-20(17)23(21)28-24-29-25(36)31-30-24/h5-7,9,13,19H,1-4,8,10-12,14-16H2,(H2,28,29,30,31). The monoisotopic (exact) mass is 506 g/mol. The topological polar surface area (TPSA) is 113 Å². The average Bonchev–Trinajstić information content (AvgIpc) is 3.60. The summed E-state index contributed by atoms with van der Waals surface area (Å²) in [7, 11) is -3.55. The van der Waals surface area contributed by atoms with Gasteiger partial charge in [-0.25, -0.2) is 18.5 Å². The summed E-state index contributed by atoms with van der Waals surface area (Å²) >= 11 is 0. The highest BCUT2D eigenvalue weighted by Gasteiger charge is 2.53. The molecule has 3 aliphatic heterocycles. The molecule has 1 spiro atoms. The van der Waals surface area contributed by atoms with Gasteiger partial charge >= 0.3 is 0 Å². The van der Waals surface area contributed by atoms with Crippen molar-refractivity contribution in [2.24, 2.45) is 5.41 Å². The first kappa shape index (κ1) is 22.2. The molecule has 5 heterocycles. The molecule has 2 N–H and O–H groups in total. The first-order chi connectivity index (χ1) is 17.5. The summed E-state index contributed by atoms with van der Waals surface area (Å²) in [6.45, 7) is 3.52. The van der Waals surface area contributed by atoms with E-state index in [1.807, 2.05) is 12.1 Å². The number of pyridine rings is 1. The molecule has 36 heavy (non-hydrogen) atoms. The molecule has 5 aliphatic rings. The number of sulfone groups is 1. The van der Waals surface area contributed by atoms with Crippen LogP contribution in [0.15, 0.2) is 35.6 Å². The van der Waals surface area contributed by atoms with Gasteiger partial charge in [-0.2, -0.15) is 4.98 Å². The van der Waals surface area contributed by atoms with Crippen molar-refractivity contribution in [3.63, 3.8) is 0 Å². The maximum atomic E-state index is 13.4. The maximum Gasteiger partial charge on any atom is 0.247 e. The summed E-state index contributed by atoms with van der Waals surface area (Å²) in [4.78, 5) is 11.3. The molecule has 10 heteroatoms. The SMILES string of the molecule is O=S1(=O)c2nc(n[nH]2)Nc2c(ccc3c2CCC3)-c2ccnc(c2)OCCCN2CCC3(CC1C3)C2. The fourth-order valence-corrected chi connectivity index (χ4v) is 8.40. The summed E-state index contributed by atoms with van der Waals surface area (Å²) in [5.41, 5.74) is 5.56. The molecule has 2 aromatic heterocycles. The summed E-state index contributed by atoms with van der Waals surface area (Å²) in [5, 5.41) is 9.92. The second-order valence-corrected chi connectivity index (χ2v) is 12.9. The van der Waals surface area contributed by atoms with Crippen molar-refractivity contribution in [2.45, 2.75) is 55.4 Å². The van der Waals surface area contributed by atoms with Crippen molar-refractivity contribution in [1.29, 1.82) is 0 Å². The number of anilines is 2. The van der Waals surface area contributed by atoms with Crippen LogP contribution in [0.2, 0.25) is 0 Å². The molecule has 9 nitrogen and oxygen atoms in total. The Labute approximate surface area is 210 Å². The Balaban J connectivity index is 1.29. The first-order valence-electron chi connectivity index (χ1n) is 12.9. The van der Waals surface area contributed by atoms with Gasteiger partial charge in [-0.05, 0) is 79.7 Å². The Morgan fingerprint density at radius 2 is 2.03 bits per heavy atom. The second-order valence-electron chi connectivity index (χ2n) is 10.8. The van der Waals surface area contributed by atoms with Crippen molar-refractivity contribution < 1.29 is 13.2 Å². The molecule has 0 radical (unpaired) electrons. The molecule has 188 valence electrons. The number of fused-ring (bicyclic) bond motifs is 4. The lowest BCUT2D eigenvalue weighted by molar-refractivity contribution is 0.140. The zero-order valence-corrected chi connectivity index (χ0v) is 21.0. The van der Waals surface area contributed by atoms with Crippen LogP contribution < -0.4 is 10.1 Å². The van der Waals surface area contributed by atoms with Gasteiger partial charge in [0.2, 0.25) is 26.8 Å². The highest BCUT2D eigenvalue weighted by Crippen LogP contribution is 2.51. The van der Waals surface area contributed by atoms with Crippen LogP contribution in [0.4, 0.5) is 11.6 Å². The summed E-state index contributed by atoms with van der Waals surface area (Å²) in [5.74, 6) is 0.891. The Hall–Kier alpha value is -2.98. The molecule has 1 unspecified atom stereocenters. The predicted octanol–water partition coefficient (Wildman–Crippen LogP) is 3.51. The minimum atomic E-state index is -3.55. The van der Waals surface area contributed by atoms with Gasteiger partial charge < -0.3 is 15.0 Å². The van der Waals surface area contributed by atoms with Crippen molar-refractivity contribution in [1.82, 2.24) is 25.1 Å². The van der Waals surface area contributed by atoms with Gasteiger partial charge in [0.15, 0.2) is 0 Å². The fourth-order valence-electron chi connectivity index (χ4n) is 6.55. The molecule has 3 aromatic rings. The summed E-state index contributed by atoms with van der Waals surface area (Å²) in [6.07, 6.45) is 8.20. The van der Waals surface area contributed by atoms with E-state index in [0.29, 0.717) is 25.3 Å². The molecule has 7 bridgehead atoms. The number of nitrogens with one attached hydrogen (secondary N) is 2. The first-order valence-corrected chi connectivity index (χ1v) is 14.4. The van der Waals surface area contributed by atoms with Crippen LogP contribution in [0.1, 0.15) is 43.2 Å². The molecular weight excluding hydrogens is 476 g/mol.